The maximum absolute atomic E-state index is 4.25. The lowest BCUT2D eigenvalue weighted by molar-refractivity contribution is 0.944. The lowest BCUT2D eigenvalue weighted by Crippen LogP contribution is -1.93. The highest BCUT2D eigenvalue weighted by molar-refractivity contribution is 5.87. The van der Waals surface area contributed by atoms with E-state index in [9.17, 15) is 0 Å². The molecule has 0 radical (unpaired) electrons. The zero-order valence-electron chi connectivity index (χ0n) is 11.8. The van der Waals surface area contributed by atoms with Crippen LogP contribution in [0.3, 0.4) is 0 Å². The zero-order valence-corrected chi connectivity index (χ0v) is 11.8. The molecule has 106 valence electrons. The van der Waals surface area contributed by atoms with E-state index in [-0.39, 0.29) is 0 Å². The van der Waals surface area contributed by atoms with Gasteiger partial charge in [0.15, 0.2) is 5.82 Å². The van der Waals surface area contributed by atoms with Crippen LogP contribution in [0.5, 0.6) is 0 Å². The third-order valence-electron chi connectivity index (χ3n) is 3.61. The Morgan fingerprint density at radius 2 is 1.50 bits per heavy atom. The van der Waals surface area contributed by atoms with Gasteiger partial charge in [-0.05, 0) is 22.9 Å². The number of nitrogens with one attached hydrogen (secondary N) is 2. The van der Waals surface area contributed by atoms with Crippen molar-refractivity contribution in [2.24, 2.45) is 0 Å². The Balaban J connectivity index is 1.70. The van der Waals surface area contributed by atoms with Crippen molar-refractivity contribution in [3.63, 3.8) is 0 Å². The van der Waals surface area contributed by atoms with E-state index in [2.05, 4.69) is 45.0 Å². The fraction of sp³-hybridized carbons (Fsp3) is 0. The van der Waals surface area contributed by atoms with Gasteiger partial charge in [0.05, 0.1) is 0 Å². The largest absolute Gasteiger partial charge is 0.337 e. The number of nitrogens with zero attached hydrogens (tertiary/aromatic N) is 2. The van der Waals surface area contributed by atoms with E-state index in [1.807, 2.05) is 48.5 Å². The monoisotopic (exact) mass is 286 g/mol. The van der Waals surface area contributed by atoms with Crippen LogP contribution in [0, 0.1) is 0 Å². The maximum atomic E-state index is 4.25. The van der Waals surface area contributed by atoms with Gasteiger partial charge in [-0.1, -0.05) is 60.7 Å². The molecule has 0 spiro atoms. The summed E-state index contributed by atoms with van der Waals surface area (Å²) in [5, 5.41) is 16.9. The van der Waals surface area contributed by atoms with Crippen LogP contribution in [0.15, 0.2) is 72.8 Å². The molecule has 0 aliphatic rings. The standard InChI is InChI=1S/C18H14N4/c1-2-7-14(8-3-1)17-18(21-22-20-17)19-16-11-10-13-6-4-5-9-15(13)12-16/h1-12H,(H2,19,20,21,22). The van der Waals surface area contributed by atoms with Gasteiger partial charge in [-0.2, -0.15) is 10.3 Å². The average Bonchev–Trinajstić information content (AvgIpc) is 3.04. The van der Waals surface area contributed by atoms with Crippen molar-refractivity contribution >= 4 is 22.3 Å². The van der Waals surface area contributed by atoms with E-state index in [0.29, 0.717) is 0 Å². The molecule has 0 aliphatic carbocycles. The second kappa shape index (κ2) is 5.33. The number of H-pyrrole nitrogens is 1. The van der Waals surface area contributed by atoms with Crippen molar-refractivity contribution in [1.82, 2.24) is 15.4 Å². The molecule has 4 nitrogen and oxygen atoms in total. The molecule has 4 heteroatoms. The first-order chi connectivity index (χ1) is 10.9. The predicted octanol–water partition coefficient (Wildman–Crippen LogP) is 4.37. The van der Waals surface area contributed by atoms with Crippen molar-refractivity contribution in [3.8, 4) is 11.3 Å². The number of aromatic nitrogens is 3. The molecule has 0 aliphatic heterocycles. The Labute approximate surface area is 127 Å². The van der Waals surface area contributed by atoms with Gasteiger partial charge < -0.3 is 5.32 Å². The van der Waals surface area contributed by atoms with Crippen LogP contribution in [0.1, 0.15) is 0 Å². The highest BCUT2D eigenvalue weighted by Gasteiger charge is 2.10. The van der Waals surface area contributed by atoms with E-state index >= 15 is 0 Å². The minimum absolute atomic E-state index is 0.724. The summed E-state index contributed by atoms with van der Waals surface area (Å²) < 4.78 is 0. The number of fused-ring (bicyclic) bond motifs is 1. The number of hydrogen-bond donors (Lipinski definition) is 2. The van der Waals surface area contributed by atoms with Crippen molar-refractivity contribution < 1.29 is 0 Å². The molecule has 22 heavy (non-hydrogen) atoms. The van der Waals surface area contributed by atoms with E-state index in [4.69, 9.17) is 0 Å². The first-order valence-electron chi connectivity index (χ1n) is 7.12. The van der Waals surface area contributed by atoms with Gasteiger partial charge in [-0.3, -0.25) is 0 Å². The van der Waals surface area contributed by atoms with Gasteiger partial charge in [-0.15, -0.1) is 5.10 Å². The fourth-order valence-electron chi connectivity index (χ4n) is 2.52. The molecule has 0 saturated carbocycles. The Morgan fingerprint density at radius 3 is 2.36 bits per heavy atom. The van der Waals surface area contributed by atoms with Gasteiger partial charge in [-0.25, -0.2) is 0 Å². The van der Waals surface area contributed by atoms with Crippen LogP contribution < -0.4 is 5.32 Å². The lowest BCUT2D eigenvalue weighted by Gasteiger charge is -2.06. The maximum Gasteiger partial charge on any atom is 0.180 e. The van der Waals surface area contributed by atoms with E-state index in [1.54, 1.807) is 0 Å². The summed E-state index contributed by atoms with van der Waals surface area (Å²) in [5.74, 6) is 0.724. The van der Waals surface area contributed by atoms with Crippen LogP contribution in [0.4, 0.5) is 11.5 Å². The van der Waals surface area contributed by atoms with Crippen LogP contribution >= 0.6 is 0 Å². The minimum Gasteiger partial charge on any atom is -0.337 e. The summed E-state index contributed by atoms with van der Waals surface area (Å²) >= 11 is 0. The molecule has 0 atom stereocenters. The molecule has 0 bridgehead atoms. The number of aromatic amines is 1. The third-order valence-corrected chi connectivity index (χ3v) is 3.61. The van der Waals surface area contributed by atoms with Crippen molar-refractivity contribution in [2.75, 3.05) is 5.32 Å². The van der Waals surface area contributed by atoms with Crippen molar-refractivity contribution in [2.45, 2.75) is 0 Å². The molecule has 0 fully saturated rings. The second-order valence-corrected chi connectivity index (χ2v) is 5.07. The van der Waals surface area contributed by atoms with Gasteiger partial charge in [0.25, 0.3) is 0 Å². The Bertz CT molecular complexity index is 912. The SMILES string of the molecule is c1ccc(-c2n[nH]nc2Nc2ccc3ccccc3c2)cc1. The van der Waals surface area contributed by atoms with Gasteiger partial charge >= 0.3 is 0 Å². The molecule has 0 amide bonds. The van der Waals surface area contributed by atoms with Crippen molar-refractivity contribution in [1.29, 1.82) is 0 Å². The average molecular weight is 286 g/mol. The normalized spacial score (nSPS) is 10.7. The van der Waals surface area contributed by atoms with Crippen molar-refractivity contribution in [3.05, 3.63) is 72.8 Å². The topological polar surface area (TPSA) is 53.6 Å². The number of hydrogen-bond acceptors (Lipinski definition) is 3. The molecule has 1 heterocycles. The van der Waals surface area contributed by atoms with Crippen LogP contribution in [0.2, 0.25) is 0 Å². The summed E-state index contributed by atoms with van der Waals surface area (Å²) in [4.78, 5) is 0. The molecule has 0 saturated heterocycles. The number of benzene rings is 3. The zero-order chi connectivity index (χ0) is 14.8. The number of rotatable bonds is 3. The van der Waals surface area contributed by atoms with Crippen LogP contribution in [-0.2, 0) is 0 Å². The first-order valence-corrected chi connectivity index (χ1v) is 7.12. The molecule has 2 N–H and O–H groups in total. The van der Waals surface area contributed by atoms with E-state index in [1.165, 1.54) is 10.8 Å². The first kappa shape index (κ1) is 12.6. The molecule has 0 unspecified atom stereocenters. The molecular formula is C18H14N4. The fourth-order valence-corrected chi connectivity index (χ4v) is 2.52. The Hall–Kier alpha value is -3.14. The third kappa shape index (κ3) is 2.31. The van der Waals surface area contributed by atoms with Gasteiger partial charge in [0.1, 0.15) is 5.69 Å². The van der Waals surface area contributed by atoms with E-state index in [0.717, 1.165) is 22.8 Å². The van der Waals surface area contributed by atoms with Gasteiger partial charge in [0, 0.05) is 11.3 Å². The Kier molecular flexibility index (Phi) is 3.05. The highest BCUT2D eigenvalue weighted by Crippen LogP contribution is 2.27. The summed E-state index contributed by atoms with van der Waals surface area (Å²) in [6, 6.07) is 24.5. The van der Waals surface area contributed by atoms with Gasteiger partial charge in [0.2, 0.25) is 0 Å². The summed E-state index contributed by atoms with van der Waals surface area (Å²) in [5.41, 5.74) is 2.83. The smallest absolute Gasteiger partial charge is 0.180 e. The van der Waals surface area contributed by atoms with Crippen LogP contribution in [0.25, 0.3) is 22.0 Å². The molecule has 4 rings (SSSR count). The molecule has 3 aromatic carbocycles. The Morgan fingerprint density at radius 1 is 0.727 bits per heavy atom. The predicted molar refractivity (Wildman–Crippen MR) is 89.0 cm³/mol. The quantitative estimate of drug-likeness (QED) is 0.588. The summed E-state index contributed by atoms with van der Waals surface area (Å²) in [7, 11) is 0. The lowest BCUT2D eigenvalue weighted by atomic mass is 10.1. The number of anilines is 2. The summed E-state index contributed by atoms with van der Waals surface area (Å²) in [6.07, 6.45) is 0. The molecule has 1 aromatic heterocycles. The highest BCUT2D eigenvalue weighted by atomic mass is 15.4. The second-order valence-electron chi connectivity index (χ2n) is 5.07. The van der Waals surface area contributed by atoms with E-state index < -0.39 is 0 Å². The molecular weight excluding hydrogens is 272 g/mol. The summed E-state index contributed by atoms with van der Waals surface area (Å²) in [6.45, 7) is 0. The molecule has 4 aromatic rings. The van der Waals surface area contributed by atoms with Crippen LogP contribution in [-0.4, -0.2) is 15.4 Å². The minimum atomic E-state index is 0.724.